The van der Waals surface area contributed by atoms with Crippen LogP contribution < -0.4 is 16.0 Å². The molecular formula is C40H30Cl2N4O3S2. The van der Waals surface area contributed by atoms with Crippen LogP contribution in [-0.4, -0.2) is 22.7 Å². The number of aromatic nitrogens is 1. The molecule has 11 heteroatoms. The molecule has 0 fully saturated rings. The predicted molar refractivity (Wildman–Crippen MR) is 209 cm³/mol. The van der Waals surface area contributed by atoms with Gasteiger partial charge >= 0.3 is 0 Å². The van der Waals surface area contributed by atoms with Crippen LogP contribution in [0.5, 0.6) is 0 Å². The molecule has 6 aromatic rings. The van der Waals surface area contributed by atoms with Gasteiger partial charge in [0.2, 0.25) is 5.91 Å². The number of rotatable bonds is 11. The quantitative estimate of drug-likeness (QED) is 0.0905. The Balaban J connectivity index is 1.22. The second kappa shape index (κ2) is 16.7. The Bertz CT molecular complexity index is 2210. The van der Waals surface area contributed by atoms with Crippen molar-refractivity contribution in [3.05, 3.63) is 171 Å². The van der Waals surface area contributed by atoms with Crippen molar-refractivity contribution in [2.24, 2.45) is 0 Å². The number of carbonyl (C=O) groups excluding carboxylic acids is 3. The summed E-state index contributed by atoms with van der Waals surface area (Å²) in [6.07, 6.45) is 1.47. The highest BCUT2D eigenvalue weighted by Gasteiger charge is 2.24. The highest BCUT2D eigenvalue weighted by atomic mass is 35.5. The number of nitrogens with zero attached hydrogens (tertiary/aromatic N) is 1. The number of halogens is 2. The predicted octanol–water partition coefficient (Wildman–Crippen LogP) is 10.3. The second-order valence-corrected chi connectivity index (χ2v) is 14.1. The molecule has 0 saturated heterocycles. The number of thiazole rings is 1. The number of amides is 3. The average Bonchev–Trinajstić information content (AvgIpc) is 3.61. The molecule has 3 N–H and O–H groups in total. The Morgan fingerprint density at radius 3 is 2.25 bits per heavy atom. The van der Waals surface area contributed by atoms with Gasteiger partial charge in [0.15, 0.2) is 5.13 Å². The number of carbonyl (C=O) groups is 3. The first-order chi connectivity index (χ1) is 24.7. The molecule has 0 aliphatic heterocycles. The SMILES string of the molecule is Cc1ccc(-c2csc(NC(=O)C(Sc3cccc(NC(=O)/C(=C\c4cccc(Cl)c4Cl)NC(=O)c4ccccc4)c3)c3ccccc3)n2)cc1. The summed E-state index contributed by atoms with van der Waals surface area (Å²) in [7, 11) is 0. The molecule has 3 amide bonds. The molecule has 0 saturated carbocycles. The maximum Gasteiger partial charge on any atom is 0.272 e. The standard InChI is InChI=1S/C40H30Cl2N4O3S2/c1-25-18-20-26(21-19-25)34-24-50-40(45-34)46-39(49)36(27-10-4-2-5-11-27)51-31-16-9-15-30(23-31)43-38(48)33(22-29-14-8-17-32(41)35(29)42)44-37(47)28-12-6-3-7-13-28/h2-24,36H,1H3,(H,43,48)(H,44,47)(H,45,46,49)/b33-22+. The molecule has 1 aromatic heterocycles. The Kier molecular flexibility index (Phi) is 11.7. The molecule has 0 radical (unpaired) electrons. The number of aryl methyl sites for hydroxylation is 1. The molecule has 0 aliphatic carbocycles. The summed E-state index contributed by atoms with van der Waals surface area (Å²) in [5, 5.41) is 10.9. The number of thioether (sulfide) groups is 1. The Morgan fingerprint density at radius 1 is 0.804 bits per heavy atom. The first-order valence-corrected chi connectivity index (χ1v) is 18.2. The van der Waals surface area contributed by atoms with Gasteiger partial charge in [0.1, 0.15) is 10.9 Å². The molecule has 254 valence electrons. The number of hydrogen-bond acceptors (Lipinski definition) is 6. The van der Waals surface area contributed by atoms with E-state index in [1.165, 1.54) is 29.2 Å². The van der Waals surface area contributed by atoms with E-state index in [1.807, 2.05) is 73.0 Å². The van der Waals surface area contributed by atoms with Crippen LogP contribution in [0, 0.1) is 6.92 Å². The van der Waals surface area contributed by atoms with E-state index in [4.69, 9.17) is 23.2 Å². The third-order valence-electron chi connectivity index (χ3n) is 7.58. The van der Waals surface area contributed by atoms with Crippen molar-refractivity contribution in [3.8, 4) is 11.3 Å². The largest absolute Gasteiger partial charge is 0.321 e. The van der Waals surface area contributed by atoms with E-state index in [-0.39, 0.29) is 16.6 Å². The Labute approximate surface area is 313 Å². The highest BCUT2D eigenvalue weighted by Crippen LogP contribution is 2.38. The fraction of sp³-hybridized carbons (Fsp3) is 0.0500. The summed E-state index contributed by atoms with van der Waals surface area (Å²) in [6.45, 7) is 2.03. The first kappa shape index (κ1) is 35.6. The Morgan fingerprint density at radius 2 is 1.51 bits per heavy atom. The van der Waals surface area contributed by atoms with Crippen LogP contribution in [0.2, 0.25) is 10.0 Å². The third-order valence-corrected chi connectivity index (χ3v) is 10.4. The highest BCUT2D eigenvalue weighted by molar-refractivity contribution is 8.00. The summed E-state index contributed by atoms with van der Waals surface area (Å²) in [6, 6.07) is 38.3. The van der Waals surface area contributed by atoms with E-state index in [0.717, 1.165) is 27.3 Å². The van der Waals surface area contributed by atoms with Crippen molar-refractivity contribution in [1.29, 1.82) is 0 Å². The van der Waals surface area contributed by atoms with Gasteiger partial charge in [-0.25, -0.2) is 4.98 Å². The number of benzene rings is 5. The third kappa shape index (κ3) is 9.33. The lowest BCUT2D eigenvalue weighted by Crippen LogP contribution is -2.30. The second-order valence-electron chi connectivity index (χ2n) is 11.3. The lowest BCUT2D eigenvalue weighted by molar-refractivity contribution is -0.116. The van der Waals surface area contributed by atoms with Crippen LogP contribution in [0.1, 0.15) is 32.3 Å². The fourth-order valence-corrected chi connectivity index (χ4v) is 7.14. The lowest BCUT2D eigenvalue weighted by atomic mass is 10.1. The smallest absolute Gasteiger partial charge is 0.272 e. The van der Waals surface area contributed by atoms with E-state index in [0.29, 0.717) is 27.0 Å². The van der Waals surface area contributed by atoms with Crippen LogP contribution in [0.4, 0.5) is 10.8 Å². The fourth-order valence-electron chi connectivity index (χ4n) is 4.97. The molecule has 51 heavy (non-hydrogen) atoms. The molecule has 1 unspecified atom stereocenters. The van der Waals surface area contributed by atoms with Crippen LogP contribution in [0.25, 0.3) is 17.3 Å². The van der Waals surface area contributed by atoms with Crippen molar-refractivity contribution in [2.45, 2.75) is 17.1 Å². The minimum Gasteiger partial charge on any atom is -0.321 e. The van der Waals surface area contributed by atoms with Gasteiger partial charge in [0.25, 0.3) is 11.8 Å². The topological polar surface area (TPSA) is 100 Å². The summed E-state index contributed by atoms with van der Waals surface area (Å²) in [4.78, 5) is 46.0. The minimum atomic E-state index is -0.630. The van der Waals surface area contributed by atoms with Crippen LogP contribution in [0.3, 0.4) is 0 Å². The lowest BCUT2D eigenvalue weighted by Gasteiger charge is -2.17. The Hall–Kier alpha value is -5.19. The van der Waals surface area contributed by atoms with E-state index < -0.39 is 17.1 Å². The summed E-state index contributed by atoms with van der Waals surface area (Å²) in [5.74, 6) is -1.29. The van der Waals surface area contributed by atoms with Gasteiger partial charge in [-0.15, -0.1) is 23.1 Å². The van der Waals surface area contributed by atoms with Gasteiger partial charge in [-0.1, -0.05) is 120 Å². The van der Waals surface area contributed by atoms with E-state index >= 15 is 0 Å². The molecular weight excluding hydrogens is 720 g/mol. The molecule has 0 spiro atoms. The molecule has 6 rings (SSSR count). The van der Waals surface area contributed by atoms with Crippen LogP contribution >= 0.6 is 46.3 Å². The van der Waals surface area contributed by atoms with Crippen molar-refractivity contribution in [2.75, 3.05) is 10.6 Å². The molecule has 1 heterocycles. The van der Waals surface area contributed by atoms with Gasteiger partial charge in [0.05, 0.1) is 15.7 Å². The first-order valence-electron chi connectivity index (χ1n) is 15.7. The van der Waals surface area contributed by atoms with Gasteiger partial charge in [-0.05, 0) is 60.5 Å². The van der Waals surface area contributed by atoms with Crippen molar-refractivity contribution in [1.82, 2.24) is 10.3 Å². The zero-order valence-corrected chi connectivity index (χ0v) is 30.2. The normalized spacial score (nSPS) is 11.8. The van der Waals surface area contributed by atoms with E-state index in [1.54, 1.807) is 66.7 Å². The summed E-state index contributed by atoms with van der Waals surface area (Å²) < 4.78 is 0. The molecule has 7 nitrogen and oxygen atoms in total. The summed E-state index contributed by atoms with van der Waals surface area (Å²) >= 11 is 15.4. The van der Waals surface area contributed by atoms with E-state index in [9.17, 15) is 14.4 Å². The van der Waals surface area contributed by atoms with Gasteiger partial charge < -0.3 is 16.0 Å². The monoisotopic (exact) mass is 748 g/mol. The molecule has 0 bridgehead atoms. The number of nitrogens with one attached hydrogen (secondary N) is 3. The minimum absolute atomic E-state index is 0.0407. The average molecular weight is 750 g/mol. The molecule has 5 aromatic carbocycles. The van der Waals surface area contributed by atoms with E-state index in [2.05, 4.69) is 20.9 Å². The van der Waals surface area contributed by atoms with Crippen LogP contribution in [0.15, 0.2) is 143 Å². The summed E-state index contributed by atoms with van der Waals surface area (Å²) in [5.41, 5.74) is 4.96. The molecule has 0 aliphatic rings. The maximum atomic E-state index is 13.8. The van der Waals surface area contributed by atoms with Gasteiger partial charge in [-0.3, -0.25) is 14.4 Å². The number of hydrogen-bond donors (Lipinski definition) is 3. The maximum absolute atomic E-state index is 13.8. The molecule has 1 atom stereocenters. The van der Waals surface area contributed by atoms with Gasteiger partial charge in [0, 0.05) is 27.1 Å². The van der Waals surface area contributed by atoms with Crippen molar-refractivity contribution >= 4 is 80.9 Å². The van der Waals surface area contributed by atoms with Crippen LogP contribution in [-0.2, 0) is 9.59 Å². The zero-order chi connectivity index (χ0) is 35.7. The zero-order valence-electron chi connectivity index (χ0n) is 27.1. The van der Waals surface area contributed by atoms with Crippen molar-refractivity contribution < 1.29 is 14.4 Å². The van der Waals surface area contributed by atoms with Crippen molar-refractivity contribution in [3.63, 3.8) is 0 Å². The van der Waals surface area contributed by atoms with Gasteiger partial charge in [-0.2, -0.15) is 0 Å². The number of anilines is 2.